The van der Waals surface area contributed by atoms with E-state index < -0.39 is 27.3 Å². The summed E-state index contributed by atoms with van der Waals surface area (Å²) in [5.74, 6) is 0.114. The number of aryl methyl sites for hydroxylation is 1. The van der Waals surface area contributed by atoms with Crippen molar-refractivity contribution in [2.75, 3.05) is 38.3 Å². The molecule has 2 aromatic carbocycles. The lowest BCUT2D eigenvalue weighted by atomic mass is 9.68. The van der Waals surface area contributed by atoms with Crippen LogP contribution < -0.4 is 14.4 Å². The Morgan fingerprint density at radius 3 is 2.78 bits per heavy atom. The van der Waals surface area contributed by atoms with Crippen LogP contribution in [0.1, 0.15) is 64.0 Å². The summed E-state index contributed by atoms with van der Waals surface area (Å²) >= 11 is 6.44. The quantitative estimate of drug-likeness (QED) is 0.399. The van der Waals surface area contributed by atoms with Gasteiger partial charge in [0.2, 0.25) is 5.91 Å². The van der Waals surface area contributed by atoms with Crippen LogP contribution in [-0.4, -0.2) is 61.1 Å². The van der Waals surface area contributed by atoms with E-state index in [4.69, 9.17) is 25.8 Å². The van der Waals surface area contributed by atoms with Crippen LogP contribution in [0.3, 0.4) is 0 Å². The van der Waals surface area contributed by atoms with Gasteiger partial charge < -0.3 is 19.1 Å². The largest absolute Gasteiger partial charge is 0.490 e. The van der Waals surface area contributed by atoms with Crippen molar-refractivity contribution in [3.63, 3.8) is 0 Å². The summed E-state index contributed by atoms with van der Waals surface area (Å²) in [6, 6.07) is 11.4. The number of amides is 2. The molecule has 11 heteroatoms. The summed E-state index contributed by atoms with van der Waals surface area (Å²) in [6.07, 6.45) is 8.92. The van der Waals surface area contributed by atoms with Gasteiger partial charge in [0.1, 0.15) is 11.4 Å². The van der Waals surface area contributed by atoms with Gasteiger partial charge in [-0.25, -0.2) is 4.21 Å². The van der Waals surface area contributed by atoms with Crippen molar-refractivity contribution in [1.29, 1.82) is 0 Å². The van der Waals surface area contributed by atoms with Crippen LogP contribution in [0.15, 0.2) is 57.8 Å². The number of hydrogen-bond donors (Lipinski definition) is 1. The van der Waals surface area contributed by atoms with E-state index in [-0.39, 0.29) is 29.4 Å². The van der Waals surface area contributed by atoms with E-state index in [2.05, 4.69) is 26.1 Å². The van der Waals surface area contributed by atoms with Crippen LogP contribution >= 0.6 is 11.6 Å². The molecule has 2 bridgehead atoms. The van der Waals surface area contributed by atoms with Crippen molar-refractivity contribution in [3.05, 3.63) is 64.7 Å². The maximum Gasteiger partial charge on any atom is 0.287 e. The SMILES string of the molecule is CCC(=O)NS1(=O)=NC(=O)C(C)(C)OC/C=C\[C@@H](OC)[C@@H]2CC[C@H]2CN2C[C@@]3(CCCc4cc(Cl)ccc43)COc3ccc1cc32. The number of hydrogen-bond acceptors (Lipinski definition) is 7. The Morgan fingerprint density at radius 1 is 1.22 bits per heavy atom. The van der Waals surface area contributed by atoms with Gasteiger partial charge in [0.05, 0.1) is 29.9 Å². The van der Waals surface area contributed by atoms with Crippen molar-refractivity contribution in [1.82, 2.24) is 4.72 Å². The fraction of sp³-hybridized carbons (Fsp3) is 0.543. The second kappa shape index (κ2) is 12.9. The predicted octanol–water partition coefficient (Wildman–Crippen LogP) is 6.01. The average Bonchev–Trinajstić information content (AvgIpc) is 3.16. The van der Waals surface area contributed by atoms with Gasteiger partial charge in [-0.05, 0) is 99.2 Å². The Morgan fingerprint density at radius 2 is 2.04 bits per heavy atom. The maximum atomic E-state index is 14.6. The fourth-order valence-electron chi connectivity index (χ4n) is 7.29. The molecule has 5 atom stereocenters. The summed E-state index contributed by atoms with van der Waals surface area (Å²) in [6.45, 7) is 6.92. The molecule has 1 fully saturated rings. The number of nitrogens with one attached hydrogen (secondary N) is 1. The lowest BCUT2D eigenvalue weighted by Gasteiger charge is -2.46. The van der Waals surface area contributed by atoms with E-state index in [1.54, 1.807) is 46.1 Å². The number of ether oxygens (including phenoxy) is 3. The molecule has 46 heavy (non-hydrogen) atoms. The molecular formula is C35H44ClN3O6S. The van der Waals surface area contributed by atoms with Crippen molar-refractivity contribution in [2.45, 2.75) is 81.3 Å². The summed E-state index contributed by atoms with van der Waals surface area (Å²) in [5, 5.41) is 0.731. The highest BCUT2D eigenvalue weighted by atomic mass is 35.5. The van der Waals surface area contributed by atoms with Gasteiger partial charge in [0.15, 0.2) is 9.92 Å². The van der Waals surface area contributed by atoms with Crippen LogP contribution in [-0.2, 0) is 40.8 Å². The molecule has 2 aliphatic carbocycles. The van der Waals surface area contributed by atoms with Gasteiger partial charge in [0, 0.05) is 37.1 Å². The molecule has 2 aliphatic heterocycles. The highest BCUT2D eigenvalue weighted by Gasteiger charge is 2.44. The van der Waals surface area contributed by atoms with Gasteiger partial charge >= 0.3 is 0 Å². The first-order chi connectivity index (χ1) is 22.0. The Bertz CT molecular complexity index is 1670. The van der Waals surface area contributed by atoms with Gasteiger partial charge in [-0.15, -0.1) is 4.36 Å². The Balaban J connectivity index is 1.51. The van der Waals surface area contributed by atoms with E-state index >= 15 is 0 Å². The highest BCUT2D eigenvalue weighted by Crippen LogP contribution is 2.47. The van der Waals surface area contributed by atoms with Gasteiger partial charge in [-0.3, -0.25) is 14.3 Å². The first kappa shape index (κ1) is 33.0. The summed E-state index contributed by atoms with van der Waals surface area (Å²) in [7, 11) is -1.98. The number of rotatable bonds is 3. The van der Waals surface area contributed by atoms with Crippen molar-refractivity contribution < 1.29 is 28.0 Å². The third kappa shape index (κ3) is 6.33. The molecule has 1 saturated carbocycles. The van der Waals surface area contributed by atoms with Crippen molar-refractivity contribution in [2.24, 2.45) is 16.2 Å². The zero-order valence-electron chi connectivity index (χ0n) is 27.1. The fourth-order valence-corrected chi connectivity index (χ4v) is 9.19. The minimum atomic E-state index is -3.71. The second-order valence-corrected chi connectivity index (χ2v) is 15.8. The minimum absolute atomic E-state index is 0.0846. The standard InChI is InChI=1S/C35H44ClN3O6S/c1-5-32(40)37-46(42)26-12-15-31-29(19-26)39(21-35(22-44-31)16-6-8-23-18-25(36)11-14-28(23)35)20-24-10-13-27(24)30(43-4)9-7-17-45-34(2,3)33(41)38-46/h7,9,11-12,14-15,18-19,24,27,30H,5-6,8,10,13,16-17,20-22H2,1-4H3,(H,37,38,40,41,42)/b9-7-/t24-,27+,30+,35-,46?/m0/s1. The van der Waals surface area contributed by atoms with E-state index in [0.29, 0.717) is 30.7 Å². The number of fused-ring (bicyclic) bond motifs is 4. The Kier molecular flexibility index (Phi) is 9.28. The Labute approximate surface area is 277 Å². The molecule has 1 unspecified atom stereocenters. The maximum absolute atomic E-state index is 14.6. The monoisotopic (exact) mass is 669 g/mol. The van der Waals surface area contributed by atoms with Crippen molar-refractivity contribution >= 4 is 39.0 Å². The van der Waals surface area contributed by atoms with Crippen LogP contribution in [0.4, 0.5) is 5.69 Å². The van der Waals surface area contributed by atoms with E-state index in [0.717, 1.165) is 49.4 Å². The molecule has 248 valence electrons. The zero-order valence-corrected chi connectivity index (χ0v) is 28.6. The van der Waals surface area contributed by atoms with Gasteiger partial charge in [-0.2, -0.15) is 0 Å². The second-order valence-electron chi connectivity index (χ2n) is 13.5. The topological polar surface area (TPSA) is 107 Å². The minimum Gasteiger partial charge on any atom is -0.490 e. The highest BCUT2D eigenvalue weighted by molar-refractivity contribution is 7.92. The van der Waals surface area contributed by atoms with E-state index in [9.17, 15) is 13.8 Å². The van der Waals surface area contributed by atoms with Crippen LogP contribution in [0.5, 0.6) is 5.75 Å². The van der Waals surface area contributed by atoms with Crippen LogP contribution in [0, 0.1) is 11.8 Å². The molecule has 1 N–H and O–H groups in total. The first-order valence-electron chi connectivity index (χ1n) is 16.2. The summed E-state index contributed by atoms with van der Waals surface area (Å²) < 4.78 is 39.9. The molecule has 9 nitrogen and oxygen atoms in total. The first-order valence-corrected chi connectivity index (χ1v) is 18.1. The molecule has 2 heterocycles. The smallest absolute Gasteiger partial charge is 0.287 e. The van der Waals surface area contributed by atoms with E-state index in [1.165, 1.54) is 11.1 Å². The molecule has 0 aromatic heterocycles. The average molecular weight is 670 g/mol. The van der Waals surface area contributed by atoms with Gasteiger partial charge in [0.25, 0.3) is 5.91 Å². The van der Waals surface area contributed by atoms with Crippen LogP contribution in [0.25, 0.3) is 0 Å². The molecule has 2 amide bonds. The molecule has 4 aliphatic rings. The number of methoxy groups -OCH3 is 1. The number of anilines is 1. The number of nitrogens with zero attached hydrogens (tertiary/aromatic N) is 2. The number of carbonyl (C=O) groups excluding carboxylic acids is 2. The van der Waals surface area contributed by atoms with Crippen LogP contribution in [0.2, 0.25) is 5.02 Å². The normalized spacial score (nSPS) is 31.3. The molecule has 2 aromatic rings. The predicted molar refractivity (Wildman–Crippen MR) is 179 cm³/mol. The van der Waals surface area contributed by atoms with Crippen molar-refractivity contribution in [3.8, 4) is 5.75 Å². The number of halogens is 1. The Hall–Kier alpha value is -2.92. The molecule has 1 spiro atoms. The number of carbonyl (C=O) groups is 2. The lowest BCUT2D eigenvalue weighted by Crippen LogP contribution is -2.49. The third-order valence-electron chi connectivity index (χ3n) is 10.1. The molecule has 6 rings (SSSR count). The third-order valence-corrected chi connectivity index (χ3v) is 12.2. The molecule has 0 saturated heterocycles. The summed E-state index contributed by atoms with van der Waals surface area (Å²) in [5.41, 5.74) is 1.62. The molecular weight excluding hydrogens is 626 g/mol. The number of benzene rings is 2. The van der Waals surface area contributed by atoms with E-state index in [1.807, 2.05) is 18.2 Å². The zero-order chi connectivity index (χ0) is 32.7. The molecule has 0 radical (unpaired) electrons. The van der Waals surface area contributed by atoms with Gasteiger partial charge in [-0.1, -0.05) is 36.7 Å². The summed E-state index contributed by atoms with van der Waals surface area (Å²) in [4.78, 5) is 28.8. The lowest BCUT2D eigenvalue weighted by molar-refractivity contribution is -0.137.